The van der Waals surface area contributed by atoms with Crippen LogP contribution in [0.25, 0.3) is 0 Å². The second-order valence-corrected chi connectivity index (χ2v) is 2.50. The van der Waals surface area contributed by atoms with Crippen LogP contribution in [0.2, 0.25) is 0 Å². The molecule has 1 heterocycles. The zero-order chi connectivity index (χ0) is 8.27. The first-order chi connectivity index (χ1) is 5.29. The van der Waals surface area contributed by atoms with Crippen LogP contribution in [0.1, 0.15) is 13.3 Å². The highest BCUT2D eigenvalue weighted by Gasteiger charge is 2.17. The minimum absolute atomic E-state index is 0.169. The highest BCUT2D eigenvalue weighted by atomic mass is 15.1. The second kappa shape index (κ2) is 3.39. The van der Waals surface area contributed by atoms with Crippen LogP contribution in [-0.2, 0) is 0 Å². The van der Waals surface area contributed by atoms with E-state index in [2.05, 4.69) is 17.2 Å². The Kier molecular flexibility index (Phi) is 2.48. The van der Waals surface area contributed by atoms with Gasteiger partial charge >= 0.3 is 0 Å². The summed E-state index contributed by atoms with van der Waals surface area (Å²) in [6, 6.07) is 0.169. The molecule has 1 unspecified atom stereocenters. The molecular weight excluding hydrogens is 140 g/mol. The van der Waals surface area contributed by atoms with Gasteiger partial charge in [-0.25, -0.2) is 0 Å². The molecule has 11 heavy (non-hydrogen) atoms. The van der Waals surface area contributed by atoms with Gasteiger partial charge in [0.25, 0.3) is 0 Å². The summed E-state index contributed by atoms with van der Waals surface area (Å²) in [4.78, 5) is 4.19. The molecule has 5 N–H and O–H groups in total. The van der Waals surface area contributed by atoms with Crippen LogP contribution in [0.5, 0.6) is 0 Å². The molecule has 1 aliphatic rings. The summed E-state index contributed by atoms with van der Waals surface area (Å²) in [5.41, 5.74) is 6.66. The lowest BCUT2D eigenvalue weighted by molar-refractivity contribution is -0.581. The van der Waals surface area contributed by atoms with E-state index in [0.29, 0.717) is 0 Å². The molecule has 0 aromatic rings. The van der Waals surface area contributed by atoms with E-state index in [1.54, 1.807) is 6.34 Å². The lowest BCUT2D eigenvalue weighted by Gasteiger charge is -2.16. The van der Waals surface area contributed by atoms with Crippen LogP contribution < -0.4 is 16.4 Å². The summed E-state index contributed by atoms with van der Waals surface area (Å²) in [5.74, 6) is 0.992. The Labute approximate surface area is 66.6 Å². The Morgan fingerprint density at radius 1 is 1.82 bits per heavy atom. The third-order valence-electron chi connectivity index (χ3n) is 1.82. The standard InChI is InChI=1S/C7H14N4/c1-3-5-6(8)7(9-2)11-4-10-5/h4-5,9H,3,8H2,1-2H3,(H,10,11)/p+1. The molecule has 0 aromatic carbocycles. The molecule has 0 amide bonds. The zero-order valence-electron chi connectivity index (χ0n) is 6.96. The highest BCUT2D eigenvalue weighted by molar-refractivity contribution is 5.59. The van der Waals surface area contributed by atoms with Crippen LogP contribution >= 0.6 is 0 Å². The molecular formula is C7H15N4+. The summed E-state index contributed by atoms with van der Waals surface area (Å²) in [7, 11) is 1.96. The van der Waals surface area contributed by atoms with Gasteiger partial charge in [0.2, 0.25) is 5.82 Å². The van der Waals surface area contributed by atoms with Crippen molar-refractivity contribution < 1.29 is 5.32 Å². The van der Waals surface area contributed by atoms with Gasteiger partial charge in [-0.3, -0.25) is 10.3 Å². The van der Waals surface area contributed by atoms with Crippen molar-refractivity contribution in [1.82, 2.24) is 5.32 Å². The van der Waals surface area contributed by atoms with Crippen LogP contribution in [0.3, 0.4) is 0 Å². The van der Waals surface area contributed by atoms with Gasteiger partial charge in [0.15, 0.2) is 0 Å². The fourth-order valence-corrected chi connectivity index (χ4v) is 1.12. The molecule has 1 rings (SSSR count). The molecule has 0 fully saturated rings. The van der Waals surface area contributed by atoms with Crippen molar-refractivity contribution in [2.75, 3.05) is 7.05 Å². The first-order valence-electron chi connectivity index (χ1n) is 3.86. The van der Waals surface area contributed by atoms with E-state index < -0.39 is 0 Å². The van der Waals surface area contributed by atoms with Crippen LogP contribution in [-0.4, -0.2) is 19.4 Å². The molecule has 0 spiro atoms. The van der Waals surface area contributed by atoms with Gasteiger partial charge in [-0.15, -0.1) is 0 Å². The van der Waals surface area contributed by atoms with Gasteiger partial charge in [-0.1, -0.05) is 6.92 Å². The number of hydrogen-bond acceptors (Lipinski definition) is 3. The summed E-state index contributed by atoms with van der Waals surface area (Å²) < 4.78 is 0. The van der Waals surface area contributed by atoms with Gasteiger partial charge in [-0.2, -0.15) is 0 Å². The molecule has 4 heteroatoms. The third-order valence-corrected chi connectivity index (χ3v) is 1.82. The average Bonchev–Trinajstić information content (AvgIpc) is 2.05. The quantitative estimate of drug-likeness (QED) is 0.465. The Bertz CT molecular complexity index is 195. The van der Waals surface area contributed by atoms with Gasteiger partial charge in [0.1, 0.15) is 5.70 Å². The molecule has 1 aliphatic heterocycles. The molecule has 0 bridgehead atoms. The van der Waals surface area contributed by atoms with E-state index in [-0.39, 0.29) is 6.04 Å². The summed E-state index contributed by atoms with van der Waals surface area (Å²) >= 11 is 0. The molecule has 0 saturated heterocycles. The fraction of sp³-hybridized carbons (Fsp3) is 0.571. The lowest BCUT2D eigenvalue weighted by Crippen LogP contribution is -2.81. The summed E-state index contributed by atoms with van der Waals surface area (Å²) in [5, 5.41) is 4.95. The van der Waals surface area contributed by atoms with Crippen molar-refractivity contribution in [2.24, 2.45) is 10.7 Å². The zero-order valence-corrected chi connectivity index (χ0v) is 6.96. The van der Waals surface area contributed by atoms with Crippen LogP contribution in [0.4, 0.5) is 0 Å². The first kappa shape index (κ1) is 8.07. The van der Waals surface area contributed by atoms with E-state index in [1.165, 1.54) is 0 Å². The number of nitrogens with one attached hydrogen (secondary N) is 1. The molecule has 4 nitrogen and oxygen atoms in total. The normalized spacial score (nSPS) is 23.6. The van der Waals surface area contributed by atoms with Crippen LogP contribution in [0, 0.1) is 0 Å². The molecule has 1 atom stereocenters. The van der Waals surface area contributed by atoms with Crippen molar-refractivity contribution in [3.63, 3.8) is 0 Å². The SMILES string of the molecule is CCC1N=CNC([NH2+]C)=C1N. The predicted molar refractivity (Wildman–Crippen MR) is 44.8 cm³/mol. The van der Waals surface area contributed by atoms with Crippen LogP contribution in [0.15, 0.2) is 16.5 Å². The molecule has 0 radical (unpaired) electrons. The minimum atomic E-state index is 0.169. The monoisotopic (exact) mass is 155 g/mol. The largest absolute Gasteiger partial charge is 0.394 e. The van der Waals surface area contributed by atoms with Crippen molar-refractivity contribution >= 4 is 6.34 Å². The predicted octanol–water partition coefficient (Wildman–Crippen LogP) is -1.28. The molecule has 0 aliphatic carbocycles. The van der Waals surface area contributed by atoms with Crippen molar-refractivity contribution in [3.8, 4) is 0 Å². The number of nitrogens with two attached hydrogens (primary N) is 2. The molecule has 0 aromatic heterocycles. The average molecular weight is 155 g/mol. The fourth-order valence-electron chi connectivity index (χ4n) is 1.12. The Morgan fingerprint density at radius 3 is 3.09 bits per heavy atom. The van der Waals surface area contributed by atoms with E-state index in [9.17, 15) is 0 Å². The smallest absolute Gasteiger partial charge is 0.224 e. The van der Waals surface area contributed by atoms with Crippen molar-refractivity contribution in [3.05, 3.63) is 11.5 Å². The van der Waals surface area contributed by atoms with Gasteiger partial charge in [-0.05, 0) is 6.42 Å². The van der Waals surface area contributed by atoms with Gasteiger partial charge < -0.3 is 11.1 Å². The topological polar surface area (TPSA) is 67.0 Å². The Hall–Kier alpha value is -1.03. The molecule has 0 saturated carbocycles. The lowest BCUT2D eigenvalue weighted by atomic mass is 10.1. The van der Waals surface area contributed by atoms with E-state index in [0.717, 1.165) is 17.9 Å². The van der Waals surface area contributed by atoms with Crippen molar-refractivity contribution in [2.45, 2.75) is 19.4 Å². The molecule has 62 valence electrons. The highest BCUT2D eigenvalue weighted by Crippen LogP contribution is 2.07. The first-order valence-corrected chi connectivity index (χ1v) is 3.86. The van der Waals surface area contributed by atoms with Gasteiger partial charge in [0.05, 0.1) is 19.4 Å². The maximum Gasteiger partial charge on any atom is 0.224 e. The maximum atomic E-state index is 5.82. The number of quaternary nitrogens is 1. The maximum absolute atomic E-state index is 5.82. The Balaban J connectivity index is 2.76. The minimum Gasteiger partial charge on any atom is -0.394 e. The third kappa shape index (κ3) is 1.51. The second-order valence-electron chi connectivity index (χ2n) is 2.50. The number of hydrogen-bond donors (Lipinski definition) is 3. The summed E-state index contributed by atoms with van der Waals surface area (Å²) in [6.07, 6.45) is 2.67. The number of aliphatic imine (C=N–C) groups is 1. The number of nitrogens with zero attached hydrogens (tertiary/aromatic N) is 1. The van der Waals surface area contributed by atoms with E-state index in [1.807, 2.05) is 12.4 Å². The number of rotatable bonds is 2. The van der Waals surface area contributed by atoms with Crippen molar-refractivity contribution in [1.29, 1.82) is 0 Å². The van der Waals surface area contributed by atoms with Gasteiger partial charge in [0, 0.05) is 0 Å². The van der Waals surface area contributed by atoms with E-state index in [4.69, 9.17) is 5.73 Å². The Morgan fingerprint density at radius 2 is 2.55 bits per heavy atom. The summed E-state index contributed by atoms with van der Waals surface area (Å²) in [6.45, 7) is 2.08. The van der Waals surface area contributed by atoms with E-state index >= 15 is 0 Å².